The lowest BCUT2D eigenvalue weighted by Crippen LogP contribution is -2.52. The van der Waals surface area contributed by atoms with Crippen molar-refractivity contribution in [2.24, 2.45) is 0 Å². The molecule has 0 bridgehead atoms. The molecular formula is C13H17F2N3O2. The Morgan fingerprint density at radius 2 is 1.90 bits per heavy atom. The minimum Gasteiger partial charge on any atom is -0.480 e. The average molecular weight is 285 g/mol. The molecule has 1 saturated heterocycles. The lowest BCUT2D eigenvalue weighted by atomic mass is 10.1. The number of halogens is 2. The van der Waals surface area contributed by atoms with Crippen LogP contribution in [0.15, 0.2) is 18.2 Å². The van der Waals surface area contributed by atoms with Crippen LogP contribution in [0.4, 0.5) is 8.78 Å². The summed E-state index contributed by atoms with van der Waals surface area (Å²) < 4.78 is 26.1. The van der Waals surface area contributed by atoms with Crippen LogP contribution in [-0.2, 0) is 4.79 Å². The largest absolute Gasteiger partial charge is 0.480 e. The highest BCUT2D eigenvalue weighted by molar-refractivity contribution is 5.75. The topological polar surface area (TPSA) is 55.8 Å². The molecule has 1 unspecified atom stereocenters. The fourth-order valence-corrected chi connectivity index (χ4v) is 2.08. The number of carboxylic acid groups (broad SMARTS) is 1. The van der Waals surface area contributed by atoms with Crippen molar-refractivity contribution < 1.29 is 18.7 Å². The smallest absolute Gasteiger partial charge is 0.326 e. The van der Waals surface area contributed by atoms with Crippen molar-refractivity contribution in [3.8, 4) is 0 Å². The van der Waals surface area contributed by atoms with Gasteiger partial charge >= 0.3 is 5.97 Å². The first kappa shape index (κ1) is 14.8. The molecule has 0 aliphatic carbocycles. The van der Waals surface area contributed by atoms with Gasteiger partial charge in [0.2, 0.25) is 0 Å². The normalized spacial score (nSPS) is 18.9. The molecule has 5 nitrogen and oxygen atoms in total. The van der Waals surface area contributed by atoms with Crippen LogP contribution in [0.25, 0.3) is 0 Å². The number of piperazine rings is 1. The highest BCUT2D eigenvalue weighted by atomic mass is 19.2. The van der Waals surface area contributed by atoms with Crippen LogP contribution >= 0.6 is 0 Å². The number of nitrogens with one attached hydrogen (secondary N) is 1. The molecule has 7 heteroatoms. The molecule has 1 aliphatic heterocycles. The maximum absolute atomic E-state index is 13.2. The van der Waals surface area contributed by atoms with Crippen molar-refractivity contribution in [3.05, 3.63) is 35.4 Å². The SMILES string of the molecule is CN1CCN(NC(C(=O)O)c2ccc(F)c(F)c2)CC1. The molecule has 0 radical (unpaired) electrons. The van der Waals surface area contributed by atoms with Crippen molar-refractivity contribution in [2.75, 3.05) is 33.2 Å². The van der Waals surface area contributed by atoms with E-state index in [1.54, 1.807) is 5.01 Å². The van der Waals surface area contributed by atoms with Gasteiger partial charge in [-0.3, -0.25) is 4.79 Å². The molecule has 0 saturated carbocycles. The predicted molar refractivity (Wildman–Crippen MR) is 68.9 cm³/mol. The van der Waals surface area contributed by atoms with Gasteiger partial charge in [0.15, 0.2) is 11.6 Å². The first-order valence-electron chi connectivity index (χ1n) is 6.35. The van der Waals surface area contributed by atoms with Gasteiger partial charge in [-0.1, -0.05) is 6.07 Å². The van der Waals surface area contributed by atoms with Crippen LogP contribution in [0.1, 0.15) is 11.6 Å². The van der Waals surface area contributed by atoms with Gasteiger partial charge in [0.05, 0.1) is 0 Å². The Labute approximate surface area is 115 Å². The quantitative estimate of drug-likeness (QED) is 0.858. The minimum atomic E-state index is -1.13. The zero-order valence-electron chi connectivity index (χ0n) is 11.1. The Bertz CT molecular complexity index is 491. The second-order valence-corrected chi connectivity index (χ2v) is 4.86. The van der Waals surface area contributed by atoms with Crippen LogP contribution in [0.2, 0.25) is 0 Å². The highest BCUT2D eigenvalue weighted by Crippen LogP contribution is 2.17. The molecule has 1 heterocycles. The summed E-state index contributed by atoms with van der Waals surface area (Å²) in [4.78, 5) is 13.4. The number of aliphatic carboxylic acids is 1. The monoisotopic (exact) mass is 285 g/mol. The maximum Gasteiger partial charge on any atom is 0.326 e. The van der Waals surface area contributed by atoms with Crippen molar-refractivity contribution in [1.82, 2.24) is 15.3 Å². The first-order valence-corrected chi connectivity index (χ1v) is 6.35. The Hall–Kier alpha value is -1.57. The van der Waals surface area contributed by atoms with Gasteiger partial charge in [-0.05, 0) is 24.7 Å². The third kappa shape index (κ3) is 3.50. The summed E-state index contributed by atoms with van der Waals surface area (Å²) >= 11 is 0. The summed E-state index contributed by atoms with van der Waals surface area (Å²) in [5.74, 6) is -3.17. The summed E-state index contributed by atoms with van der Waals surface area (Å²) in [6, 6.07) is 2.04. The van der Waals surface area contributed by atoms with E-state index in [-0.39, 0.29) is 5.56 Å². The Morgan fingerprint density at radius 1 is 1.25 bits per heavy atom. The third-order valence-electron chi connectivity index (χ3n) is 3.34. The van der Waals surface area contributed by atoms with Crippen molar-refractivity contribution in [2.45, 2.75) is 6.04 Å². The van der Waals surface area contributed by atoms with Gasteiger partial charge in [-0.25, -0.2) is 19.2 Å². The van der Waals surface area contributed by atoms with E-state index in [4.69, 9.17) is 0 Å². The second-order valence-electron chi connectivity index (χ2n) is 4.86. The van der Waals surface area contributed by atoms with Crippen molar-refractivity contribution in [1.29, 1.82) is 0 Å². The Morgan fingerprint density at radius 3 is 2.45 bits per heavy atom. The molecule has 2 rings (SSSR count). The van der Waals surface area contributed by atoms with Gasteiger partial charge in [-0.15, -0.1) is 0 Å². The molecule has 110 valence electrons. The molecule has 1 atom stereocenters. The molecule has 0 aromatic heterocycles. The van der Waals surface area contributed by atoms with Gasteiger partial charge in [-0.2, -0.15) is 0 Å². The van der Waals surface area contributed by atoms with Crippen LogP contribution in [0, 0.1) is 11.6 Å². The molecule has 1 aromatic carbocycles. The number of rotatable bonds is 4. The van der Waals surface area contributed by atoms with E-state index in [0.29, 0.717) is 13.1 Å². The number of carboxylic acids is 1. The lowest BCUT2D eigenvalue weighted by molar-refractivity contribution is -0.141. The number of benzene rings is 1. The maximum atomic E-state index is 13.2. The number of carbonyl (C=O) groups is 1. The van der Waals surface area contributed by atoms with E-state index in [9.17, 15) is 18.7 Å². The minimum absolute atomic E-state index is 0.190. The van der Waals surface area contributed by atoms with Gasteiger partial charge in [0.1, 0.15) is 6.04 Å². The van der Waals surface area contributed by atoms with E-state index in [2.05, 4.69) is 10.3 Å². The average Bonchev–Trinajstić information content (AvgIpc) is 2.41. The third-order valence-corrected chi connectivity index (χ3v) is 3.34. The summed E-state index contributed by atoms with van der Waals surface area (Å²) in [6.07, 6.45) is 0. The number of hydrogen-bond donors (Lipinski definition) is 2. The number of likely N-dealkylation sites (N-methyl/N-ethyl adjacent to an activating group) is 1. The molecule has 0 spiro atoms. The number of hydrazine groups is 1. The van der Waals surface area contributed by atoms with Gasteiger partial charge in [0.25, 0.3) is 0 Å². The van der Waals surface area contributed by atoms with E-state index in [1.165, 1.54) is 6.07 Å². The molecule has 1 aliphatic rings. The molecule has 1 aromatic rings. The molecule has 2 N–H and O–H groups in total. The molecular weight excluding hydrogens is 268 g/mol. The molecule has 1 fully saturated rings. The Kier molecular flexibility index (Phi) is 4.64. The highest BCUT2D eigenvalue weighted by Gasteiger charge is 2.25. The first-order chi connectivity index (χ1) is 9.47. The molecule has 0 amide bonds. The van der Waals surface area contributed by atoms with Gasteiger partial charge < -0.3 is 10.0 Å². The van der Waals surface area contributed by atoms with E-state index >= 15 is 0 Å². The molecule has 20 heavy (non-hydrogen) atoms. The summed E-state index contributed by atoms with van der Waals surface area (Å²) in [7, 11) is 1.99. The predicted octanol–water partition coefficient (Wildman–Crippen LogP) is 0.842. The van der Waals surface area contributed by atoms with Crippen LogP contribution in [0.3, 0.4) is 0 Å². The van der Waals surface area contributed by atoms with E-state index in [1.807, 2.05) is 7.05 Å². The number of nitrogens with zero attached hydrogens (tertiary/aromatic N) is 2. The lowest BCUT2D eigenvalue weighted by Gasteiger charge is -2.34. The summed E-state index contributed by atoms with van der Waals surface area (Å²) in [6.45, 7) is 2.97. The van der Waals surface area contributed by atoms with Crippen molar-refractivity contribution >= 4 is 5.97 Å². The fraction of sp³-hybridized carbons (Fsp3) is 0.462. The van der Waals surface area contributed by atoms with Crippen LogP contribution < -0.4 is 5.43 Å². The van der Waals surface area contributed by atoms with Crippen molar-refractivity contribution in [3.63, 3.8) is 0 Å². The van der Waals surface area contributed by atoms with E-state index < -0.39 is 23.6 Å². The standard InChI is InChI=1S/C13H17F2N3O2/c1-17-4-6-18(7-5-17)16-12(13(19)20)9-2-3-10(14)11(15)8-9/h2-3,8,12,16H,4-7H2,1H3,(H,19,20). The Balaban J connectivity index is 2.10. The van der Waals surface area contributed by atoms with Crippen LogP contribution in [0.5, 0.6) is 0 Å². The zero-order chi connectivity index (χ0) is 14.7. The zero-order valence-corrected chi connectivity index (χ0v) is 11.1. The fourth-order valence-electron chi connectivity index (χ4n) is 2.08. The van der Waals surface area contributed by atoms with Crippen LogP contribution in [-0.4, -0.2) is 54.2 Å². The summed E-state index contributed by atoms with van der Waals surface area (Å²) in [5, 5.41) is 11.0. The summed E-state index contributed by atoms with van der Waals surface area (Å²) in [5.41, 5.74) is 3.05. The van der Waals surface area contributed by atoms with E-state index in [0.717, 1.165) is 25.2 Å². The van der Waals surface area contributed by atoms with Gasteiger partial charge in [0, 0.05) is 26.2 Å². The number of hydrogen-bond acceptors (Lipinski definition) is 4. The second kappa shape index (κ2) is 6.25.